The van der Waals surface area contributed by atoms with Gasteiger partial charge in [-0.15, -0.1) is 0 Å². The molecule has 0 radical (unpaired) electrons. The van der Waals surface area contributed by atoms with Crippen molar-refractivity contribution >= 4 is 35.1 Å². The van der Waals surface area contributed by atoms with E-state index in [9.17, 15) is 19.2 Å². The summed E-state index contributed by atoms with van der Waals surface area (Å²) in [6, 6.07) is 4.39. The Kier molecular flexibility index (Phi) is 9.31. The second-order valence-electron chi connectivity index (χ2n) is 7.82. The first kappa shape index (κ1) is 24.1. The number of hydrogen-bond acceptors (Lipinski definition) is 5. The molecule has 0 saturated carbocycles. The molecular formula is C21H31N3O5. The maximum atomic E-state index is 12.5. The molecular weight excluding hydrogens is 374 g/mol. The van der Waals surface area contributed by atoms with Gasteiger partial charge in [0.05, 0.1) is 5.56 Å². The summed E-state index contributed by atoms with van der Waals surface area (Å²) in [5, 5.41) is 5.13. The summed E-state index contributed by atoms with van der Waals surface area (Å²) in [5.41, 5.74) is 0.790. The molecule has 0 atom stereocenters. The first-order chi connectivity index (χ1) is 13.5. The molecule has 1 rings (SSSR count). The highest BCUT2D eigenvalue weighted by atomic mass is 16.5. The number of rotatable bonds is 9. The van der Waals surface area contributed by atoms with E-state index in [-0.39, 0.29) is 29.9 Å². The maximum Gasteiger partial charge on any atom is 0.338 e. The van der Waals surface area contributed by atoms with Crippen molar-refractivity contribution in [1.29, 1.82) is 0 Å². The van der Waals surface area contributed by atoms with E-state index in [4.69, 9.17) is 4.74 Å². The number of anilines is 2. The number of carbonyl (C=O) groups is 4. The van der Waals surface area contributed by atoms with E-state index in [1.165, 1.54) is 32.0 Å². The van der Waals surface area contributed by atoms with Gasteiger partial charge in [-0.25, -0.2) is 4.79 Å². The summed E-state index contributed by atoms with van der Waals surface area (Å²) in [6.07, 6.45) is 0. The second-order valence-corrected chi connectivity index (χ2v) is 7.82. The minimum Gasteiger partial charge on any atom is -0.452 e. The lowest BCUT2D eigenvalue weighted by Crippen LogP contribution is -2.39. The molecule has 0 unspecified atom stereocenters. The third-order valence-electron chi connectivity index (χ3n) is 3.66. The van der Waals surface area contributed by atoms with E-state index in [0.29, 0.717) is 36.3 Å². The van der Waals surface area contributed by atoms with Crippen LogP contribution < -0.4 is 10.6 Å². The van der Waals surface area contributed by atoms with Crippen LogP contribution >= 0.6 is 0 Å². The SMILES string of the molecule is CC(=O)Nc1cc(NC(C)=O)cc(C(=O)OCC(=O)N(CC(C)C)CC(C)C)c1. The third kappa shape index (κ3) is 9.23. The largest absolute Gasteiger partial charge is 0.452 e. The minimum atomic E-state index is -0.716. The fourth-order valence-corrected chi connectivity index (χ4v) is 2.76. The molecule has 2 N–H and O–H groups in total. The number of nitrogens with one attached hydrogen (secondary N) is 2. The minimum absolute atomic E-state index is 0.118. The van der Waals surface area contributed by atoms with Crippen molar-refractivity contribution in [1.82, 2.24) is 4.90 Å². The lowest BCUT2D eigenvalue weighted by molar-refractivity contribution is -0.135. The average molecular weight is 405 g/mol. The number of benzene rings is 1. The zero-order valence-corrected chi connectivity index (χ0v) is 18.0. The average Bonchev–Trinajstić information content (AvgIpc) is 2.56. The van der Waals surface area contributed by atoms with Crippen LogP contribution in [0.3, 0.4) is 0 Å². The first-order valence-corrected chi connectivity index (χ1v) is 9.63. The highest BCUT2D eigenvalue weighted by Crippen LogP contribution is 2.20. The number of nitrogens with zero attached hydrogens (tertiary/aromatic N) is 1. The Morgan fingerprint density at radius 1 is 0.862 bits per heavy atom. The van der Waals surface area contributed by atoms with Crippen LogP contribution in [0.5, 0.6) is 0 Å². The summed E-state index contributed by atoms with van der Waals surface area (Å²) >= 11 is 0. The van der Waals surface area contributed by atoms with Crippen molar-refractivity contribution in [3.63, 3.8) is 0 Å². The number of esters is 1. The molecule has 0 aromatic heterocycles. The van der Waals surface area contributed by atoms with Crippen molar-refractivity contribution in [3.05, 3.63) is 23.8 Å². The van der Waals surface area contributed by atoms with E-state index >= 15 is 0 Å². The lowest BCUT2D eigenvalue weighted by Gasteiger charge is -2.26. The van der Waals surface area contributed by atoms with Gasteiger partial charge < -0.3 is 20.3 Å². The lowest BCUT2D eigenvalue weighted by atomic mass is 10.1. The van der Waals surface area contributed by atoms with Crippen LogP contribution in [0.15, 0.2) is 18.2 Å². The third-order valence-corrected chi connectivity index (χ3v) is 3.66. The molecule has 0 saturated heterocycles. The van der Waals surface area contributed by atoms with E-state index < -0.39 is 5.97 Å². The Bertz CT molecular complexity index is 714. The Labute approximate surface area is 172 Å². The monoisotopic (exact) mass is 405 g/mol. The van der Waals surface area contributed by atoms with Crippen LogP contribution in [0.4, 0.5) is 11.4 Å². The molecule has 0 bridgehead atoms. The summed E-state index contributed by atoms with van der Waals surface area (Å²) in [5.74, 6) is -1.03. The van der Waals surface area contributed by atoms with Crippen LogP contribution in [0.25, 0.3) is 0 Å². The van der Waals surface area contributed by atoms with Gasteiger partial charge in [0, 0.05) is 38.3 Å². The van der Waals surface area contributed by atoms with E-state index in [2.05, 4.69) is 10.6 Å². The molecule has 0 fully saturated rings. The fraction of sp³-hybridized carbons (Fsp3) is 0.524. The molecule has 160 valence electrons. The van der Waals surface area contributed by atoms with Gasteiger partial charge in [-0.05, 0) is 30.0 Å². The zero-order chi connectivity index (χ0) is 22.1. The van der Waals surface area contributed by atoms with Gasteiger partial charge in [-0.1, -0.05) is 27.7 Å². The van der Waals surface area contributed by atoms with Gasteiger partial charge in [-0.2, -0.15) is 0 Å². The van der Waals surface area contributed by atoms with Crippen LogP contribution in [-0.4, -0.2) is 48.3 Å². The molecule has 3 amide bonds. The van der Waals surface area contributed by atoms with E-state index in [1.807, 2.05) is 27.7 Å². The number of amides is 3. The van der Waals surface area contributed by atoms with Crippen molar-refractivity contribution in [3.8, 4) is 0 Å². The quantitative estimate of drug-likeness (QED) is 0.615. The summed E-state index contributed by atoms with van der Waals surface area (Å²) < 4.78 is 5.20. The van der Waals surface area contributed by atoms with Gasteiger partial charge in [0.1, 0.15) is 0 Å². The van der Waals surface area contributed by atoms with Crippen LogP contribution in [0.1, 0.15) is 51.9 Å². The van der Waals surface area contributed by atoms with Gasteiger partial charge in [-0.3, -0.25) is 14.4 Å². The number of ether oxygens (including phenoxy) is 1. The summed E-state index contributed by atoms with van der Waals surface area (Å²) in [6.45, 7) is 11.5. The molecule has 0 spiro atoms. The van der Waals surface area contributed by atoms with Crippen molar-refractivity contribution in [2.24, 2.45) is 11.8 Å². The van der Waals surface area contributed by atoms with Gasteiger partial charge in [0.25, 0.3) is 5.91 Å². The Morgan fingerprint density at radius 2 is 1.31 bits per heavy atom. The van der Waals surface area contributed by atoms with E-state index in [0.717, 1.165) is 0 Å². The molecule has 0 aliphatic rings. The van der Waals surface area contributed by atoms with Crippen LogP contribution in [-0.2, 0) is 19.1 Å². The highest BCUT2D eigenvalue weighted by molar-refractivity contribution is 5.98. The molecule has 0 aliphatic heterocycles. The smallest absolute Gasteiger partial charge is 0.338 e. The van der Waals surface area contributed by atoms with E-state index in [1.54, 1.807) is 4.90 Å². The standard InChI is InChI=1S/C21H31N3O5/c1-13(2)10-24(11-14(3)4)20(27)12-29-21(28)17-7-18(22-15(5)25)9-19(8-17)23-16(6)26/h7-9,13-14H,10-12H2,1-6H3,(H,22,25)(H,23,26). The van der Waals surface area contributed by atoms with Gasteiger partial charge in [0.2, 0.25) is 11.8 Å². The molecule has 29 heavy (non-hydrogen) atoms. The fourth-order valence-electron chi connectivity index (χ4n) is 2.76. The predicted octanol–water partition coefficient (Wildman–Crippen LogP) is 2.90. The highest BCUT2D eigenvalue weighted by Gasteiger charge is 2.19. The Hall–Kier alpha value is -2.90. The second kappa shape index (κ2) is 11.2. The maximum absolute atomic E-state index is 12.5. The number of carbonyl (C=O) groups excluding carboxylic acids is 4. The molecule has 8 nitrogen and oxygen atoms in total. The van der Waals surface area contributed by atoms with Gasteiger partial charge >= 0.3 is 5.97 Å². The van der Waals surface area contributed by atoms with Crippen LogP contribution in [0.2, 0.25) is 0 Å². The molecule has 0 aliphatic carbocycles. The van der Waals surface area contributed by atoms with Gasteiger partial charge in [0.15, 0.2) is 6.61 Å². The van der Waals surface area contributed by atoms with Crippen LogP contribution in [0, 0.1) is 11.8 Å². The first-order valence-electron chi connectivity index (χ1n) is 9.63. The van der Waals surface area contributed by atoms with Crippen molar-refractivity contribution < 1.29 is 23.9 Å². The molecule has 0 heterocycles. The molecule has 8 heteroatoms. The zero-order valence-electron chi connectivity index (χ0n) is 18.0. The normalized spacial score (nSPS) is 10.6. The summed E-state index contributed by atoms with van der Waals surface area (Å²) in [7, 11) is 0. The predicted molar refractivity (Wildman–Crippen MR) is 112 cm³/mol. The summed E-state index contributed by atoms with van der Waals surface area (Å²) in [4.78, 5) is 49.3. The Balaban J connectivity index is 2.92. The van der Waals surface area contributed by atoms with Crippen molar-refractivity contribution in [2.75, 3.05) is 30.3 Å². The topological polar surface area (TPSA) is 105 Å². The molecule has 1 aromatic rings. The molecule has 1 aromatic carbocycles. The van der Waals surface area contributed by atoms with Crippen molar-refractivity contribution in [2.45, 2.75) is 41.5 Å². The number of hydrogen-bond donors (Lipinski definition) is 2. The Morgan fingerprint density at radius 3 is 1.69 bits per heavy atom.